The zero-order chi connectivity index (χ0) is 29.2. The van der Waals surface area contributed by atoms with Gasteiger partial charge in [-0.15, -0.1) is 0 Å². The van der Waals surface area contributed by atoms with E-state index < -0.39 is 0 Å². The lowest BCUT2D eigenvalue weighted by atomic mass is 10.0. The molecule has 44 heavy (non-hydrogen) atoms. The average Bonchev–Trinajstić information content (AvgIpc) is 3.57. The number of aryl methyl sites for hydroxylation is 1. The van der Waals surface area contributed by atoms with E-state index in [2.05, 4.69) is 156 Å². The van der Waals surface area contributed by atoms with Crippen LogP contribution in [0.1, 0.15) is 25.3 Å². The predicted octanol–water partition coefficient (Wildman–Crippen LogP) is 11.5. The lowest BCUT2D eigenvalue weighted by molar-refractivity contribution is 0.796. The first-order chi connectivity index (χ1) is 21.8. The third-order valence-corrected chi connectivity index (χ3v) is 9.42. The molecule has 0 bridgehead atoms. The fraction of sp³-hybridized carbons (Fsp3) is 0.0952. The number of hydrogen-bond donors (Lipinski definition) is 0. The molecule has 0 radical (unpaired) electrons. The van der Waals surface area contributed by atoms with Gasteiger partial charge in [0.15, 0.2) is 0 Å². The molecule has 0 saturated heterocycles. The largest absolute Gasteiger partial charge is 0.309 e. The highest BCUT2D eigenvalue weighted by atomic mass is 15.0. The summed E-state index contributed by atoms with van der Waals surface area (Å²) in [5.41, 5.74) is 8.71. The van der Waals surface area contributed by atoms with Crippen LogP contribution < -0.4 is 0 Å². The summed E-state index contributed by atoms with van der Waals surface area (Å²) in [6.45, 7) is 2.26. The second-order valence-corrected chi connectivity index (χ2v) is 12.1. The molecule has 2 nitrogen and oxygen atoms in total. The first kappa shape index (κ1) is 25.2. The summed E-state index contributed by atoms with van der Waals surface area (Å²) in [7, 11) is 0. The minimum absolute atomic E-state index is 1.13. The molecular formula is C42H32N2. The van der Waals surface area contributed by atoms with Gasteiger partial charge in [0.25, 0.3) is 0 Å². The van der Waals surface area contributed by atoms with Gasteiger partial charge >= 0.3 is 0 Å². The normalized spacial score (nSPS) is 12.0. The predicted molar refractivity (Wildman–Crippen MR) is 189 cm³/mol. The van der Waals surface area contributed by atoms with E-state index in [1.165, 1.54) is 94.9 Å². The number of hydrogen-bond acceptors (Lipinski definition) is 0. The highest BCUT2D eigenvalue weighted by Gasteiger charge is 2.18. The standard InChI is InChI=1S/C42H32N2/c1-2-3-10-28-17-18-30-20-22-34(25-32(30)23-28)44-40-16-9-7-14-36(40)38-26-37-35-13-6-8-15-39(35)43(41(37)27-42(38)44)33-21-19-29-11-4-5-12-31(29)24-33/h4-9,11-27H,2-3,10H2,1H3. The van der Waals surface area contributed by atoms with E-state index in [1.807, 2.05) is 0 Å². The minimum Gasteiger partial charge on any atom is -0.309 e. The van der Waals surface area contributed by atoms with Crippen LogP contribution in [0.25, 0.3) is 76.5 Å². The van der Waals surface area contributed by atoms with Gasteiger partial charge in [0.1, 0.15) is 0 Å². The van der Waals surface area contributed by atoms with Gasteiger partial charge < -0.3 is 9.13 Å². The molecule has 0 aliphatic heterocycles. The van der Waals surface area contributed by atoms with Crippen LogP contribution in [-0.2, 0) is 6.42 Å². The van der Waals surface area contributed by atoms with E-state index in [-0.39, 0.29) is 0 Å². The number of benzene rings is 7. The van der Waals surface area contributed by atoms with Crippen LogP contribution in [0.3, 0.4) is 0 Å². The number of aromatic nitrogens is 2. The molecule has 7 aromatic carbocycles. The van der Waals surface area contributed by atoms with E-state index in [0.717, 1.165) is 6.42 Å². The van der Waals surface area contributed by atoms with Crippen LogP contribution in [-0.4, -0.2) is 9.13 Å². The molecule has 0 saturated carbocycles. The summed E-state index contributed by atoms with van der Waals surface area (Å²) in [4.78, 5) is 0. The number of rotatable bonds is 5. The second kappa shape index (κ2) is 9.86. The van der Waals surface area contributed by atoms with E-state index in [0.29, 0.717) is 0 Å². The summed E-state index contributed by atoms with van der Waals surface area (Å²) in [5.74, 6) is 0. The van der Waals surface area contributed by atoms with Crippen molar-refractivity contribution in [2.24, 2.45) is 0 Å². The quantitative estimate of drug-likeness (QED) is 0.197. The van der Waals surface area contributed by atoms with Gasteiger partial charge in [0.2, 0.25) is 0 Å². The number of nitrogens with zero attached hydrogens (tertiary/aromatic N) is 2. The van der Waals surface area contributed by atoms with Gasteiger partial charge in [-0.3, -0.25) is 0 Å². The zero-order valence-corrected chi connectivity index (χ0v) is 24.8. The maximum absolute atomic E-state index is 2.46. The van der Waals surface area contributed by atoms with E-state index in [1.54, 1.807) is 0 Å². The van der Waals surface area contributed by atoms with Gasteiger partial charge in [0, 0.05) is 32.9 Å². The molecule has 0 aliphatic carbocycles. The van der Waals surface area contributed by atoms with E-state index >= 15 is 0 Å². The number of unbranched alkanes of at least 4 members (excludes halogenated alkanes) is 1. The Labute approximate surface area is 256 Å². The van der Waals surface area contributed by atoms with Crippen molar-refractivity contribution < 1.29 is 0 Å². The molecule has 0 amide bonds. The second-order valence-electron chi connectivity index (χ2n) is 12.1. The van der Waals surface area contributed by atoms with Crippen LogP contribution in [0, 0.1) is 0 Å². The zero-order valence-electron chi connectivity index (χ0n) is 24.8. The Morgan fingerprint density at radius 1 is 0.409 bits per heavy atom. The molecule has 0 spiro atoms. The summed E-state index contributed by atoms with van der Waals surface area (Å²) in [6.07, 6.45) is 3.56. The Balaban J connectivity index is 1.35. The van der Waals surface area contributed by atoms with Gasteiger partial charge in [-0.2, -0.15) is 0 Å². The molecule has 0 fully saturated rings. The third-order valence-electron chi connectivity index (χ3n) is 9.42. The van der Waals surface area contributed by atoms with Crippen LogP contribution in [0.5, 0.6) is 0 Å². The van der Waals surface area contributed by atoms with Gasteiger partial charge in [-0.1, -0.05) is 104 Å². The molecule has 0 N–H and O–H groups in total. The summed E-state index contributed by atoms with van der Waals surface area (Å²) >= 11 is 0. The van der Waals surface area contributed by atoms with Crippen LogP contribution >= 0.6 is 0 Å². The molecule has 9 aromatic rings. The first-order valence-electron chi connectivity index (χ1n) is 15.8. The lowest BCUT2D eigenvalue weighted by Crippen LogP contribution is -1.96. The van der Waals surface area contributed by atoms with Crippen LogP contribution in [0.4, 0.5) is 0 Å². The Morgan fingerprint density at radius 2 is 0.955 bits per heavy atom. The van der Waals surface area contributed by atoms with E-state index in [9.17, 15) is 0 Å². The Bertz CT molecular complexity index is 2540. The molecule has 0 atom stereocenters. The van der Waals surface area contributed by atoms with E-state index in [4.69, 9.17) is 0 Å². The third kappa shape index (κ3) is 3.81. The fourth-order valence-electron chi connectivity index (χ4n) is 7.26. The van der Waals surface area contributed by atoms with Gasteiger partial charge in [-0.05, 0) is 88.5 Å². The lowest BCUT2D eigenvalue weighted by Gasteiger charge is -2.12. The molecule has 2 aromatic heterocycles. The van der Waals surface area contributed by atoms with Crippen molar-refractivity contribution in [1.82, 2.24) is 9.13 Å². The fourth-order valence-corrected chi connectivity index (χ4v) is 7.26. The molecule has 2 heterocycles. The average molecular weight is 565 g/mol. The number of fused-ring (bicyclic) bond motifs is 8. The maximum atomic E-state index is 2.46. The van der Waals surface area contributed by atoms with Gasteiger partial charge in [-0.25, -0.2) is 0 Å². The monoisotopic (exact) mass is 564 g/mol. The van der Waals surface area contributed by atoms with Crippen LogP contribution in [0.15, 0.2) is 140 Å². The summed E-state index contributed by atoms with van der Waals surface area (Å²) in [6, 6.07) is 51.8. The molecule has 2 heteroatoms. The van der Waals surface area contributed by atoms with Crippen molar-refractivity contribution in [3.05, 3.63) is 145 Å². The molecule has 0 unspecified atom stereocenters. The highest BCUT2D eigenvalue weighted by Crippen LogP contribution is 2.40. The van der Waals surface area contributed by atoms with Crippen molar-refractivity contribution in [3.8, 4) is 11.4 Å². The summed E-state index contributed by atoms with van der Waals surface area (Å²) in [5, 5.41) is 10.2. The summed E-state index contributed by atoms with van der Waals surface area (Å²) < 4.78 is 4.91. The molecular weight excluding hydrogens is 532 g/mol. The van der Waals surface area contributed by atoms with Crippen molar-refractivity contribution in [1.29, 1.82) is 0 Å². The van der Waals surface area contributed by atoms with Crippen LogP contribution in [0.2, 0.25) is 0 Å². The van der Waals surface area contributed by atoms with Crippen molar-refractivity contribution >= 4 is 65.2 Å². The molecule has 0 aliphatic rings. The first-order valence-corrected chi connectivity index (χ1v) is 15.8. The Kier molecular flexibility index (Phi) is 5.64. The molecule has 9 rings (SSSR count). The Hall–Kier alpha value is -5.34. The smallest absolute Gasteiger partial charge is 0.0562 e. The van der Waals surface area contributed by atoms with Crippen molar-refractivity contribution in [2.45, 2.75) is 26.2 Å². The molecule has 210 valence electrons. The SMILES string of the molecule is CCCCc1ccc2ccc(-n3c4ccccc4c4cc5c6ccccc6n(-c6ccc7ccccc7c6)c5cc43)cc2c1. The minimum atomic E-state index is 1.13. The number of para-hydroxylation sites is 2. The topological polar surface area (TPSA) is 9.86 Å². The Morgan fingerprint density at radius 3 is 1.61 bits per heavy atom. The maximum Gasteiger partial charge on any atom is 0.0562 e. The van der Waals surface area contributed by atoms with Crippen molar-refractivity contribution in [3.63, 3.8) is 0 Å². The van der Waals surface area contributed by atoms with Crippen molar-refractivity contribution in [2.75, 3.05) is 0 Å². The van der Waals surface area contributed by atoms with Gasteiger partial charge in [0.05, 0.1) is 22.1 Å². The highest BCUT2D eigenvalue weighted by molar-refractivity contribution is 6.19.